The van der Waals surface area contributed by atoms with Gasteiger partial charge >= 0.3 is 6.36 Å². The first-order valence-electron chi connectivity index (χ1n) is 11.3. The number of sulfone groups is 1. The second-order valence-corrected chi connectivity index (χ2v) is 12.0. The summed E-state index contributed by atoms with van der Waals surface area (Å²) in [7, 11) is -3.60. The standard InChI is InChI=1S/C24H29ClF3N3O4S/c1-4-36(33,34)21-6-5-17(25)9-16(21)14-30-22(32)15-10-19(12-20(11-15)35-24(26,27)28)31-8-7-18(29)13-23(31,2)3/h5-6,9-12,18H,4,7-8,13-14,29H2,1-3H3,(H,30,32). The average molecular weight is 548 g/mol. The minimum Gasteiger partial charge on any atom is -0.406 e. The van der Waals surface area contributed by atoms with Crippen molar-refractivity contribution in [2.24, 2.45) is 5.73 Å². The Labute approximate surface area is 213 Å². The fourth-order valence-corrected chi connectivity index (χ4v) is 5.73. The Balaban J connectivity index is 1.94. The van der Waals surface area contributed by atoms with E-state index in [4.69, 9.17) is 17.3 Å². The molecule has 1 heterocycles. The Morgan fingerprint density at radius 3 is 2.56 bits per heavy atom. The Hall–Kier alpha value is -2.50. The Morgan fingerprint density at radius 2 is 1.94 bits per heavy atom. The average Bonchev–Trinajstić information content (AvgIpc) is 2.75. The number of nitrogens with zero attached hydrogens (tertiary/aromatic N) is 1. The van der Waals surface area contributed by atoms with Crippen LogP contribution in [0.2, 0.25) is 5.02 Å². The summed E-state index contributed by atoms with van der Waals surface area (Å²) in [5, 5.41) is 2.87. The molecule has 1 unspecified atom stereocenters. The summed E-state index contributed by atoms with van der Waals surface area (Å²) >= 11 is 6.02. The number of carbonyl (C=O) groups is 1. The topological polar surface area (TPSA) is 102 Å². The van der Waals surface area contributed by atoms with Crippen LogP contribution in [-0.4, -0.2) is 44.6 Å². The van der Waals surface area contributed by atoms with E-state index in [0.717, 1.165) is 6.07 Å². The van der Waals surface area contributed by atoms with Crippen molar-refractivity contribution in [1.29, 1.82) is 0 Å². The number of hydrogen-bond donors (Lipinski definition) is 2. The van der Waals surface area contributed by atoms with Gasteiger partial charge in [-0.25, -0.2) is 8.42 Å². The number of carbonyl (C=O) groups excluding carboxylic acids is 1. The molecule has 0 bridgehead atoms. The van der Waals surface area contributed by atoms with E-state index in [-0.39, 0.29) is 39.4 Å². The molecule has 0 saturated carbocycles. The molecule has 36 heavy (non-hydrogen) atoms. The molecule has 198 valence electrons. The van der Waals surface area contributed by atoms with E-state index in [2.05, 4.69) is 10.1 Å². The van der Waals surface area contributed by atoms with Crippen molar-refractivity contribution in [3.8, 4) is 5.75 Å². The Morgan fingerprint density at radius 1 is 1.25 bits per heavy atom. The number of alkyl halides is 3. The molecule has 12 heteroatoms. The molecular weight excluding hydrogens is 519 g/mol. The third-order valence-corrected chi connectivity index (χ3v) is 8.16. The molecule has 0 spiro atoms. The van der Waals surface area contributed by atoms with Crippen LogP contribution >= 0.6 is 11.6 Å². The fourth-order valence-electron chi connectivity index (χ4n) is 4.42. The molecule has 1 amide bonds. The minimum atomic E-state index is -4.95. The van der Waals surface area contributed by atoms with E-state index in [1.807, 2.05) is 18.7 Å². The van der Waals surface area contributed by atoms with Crippen molar-refractivity contribution in [2.45, 2.75) is 63.0 Å². The first kappa shape index (κ1) is 28.1. The first-order valence-corrected chi connectivity index (χ1v) is 13.4. The maximum Gasteiger partial charge on any atom is 0.573 e. The fraction of sp³-hybridized carbons (Fsp3) is 0.458. The van der Waals surface area contributed by atoms with Gasteiger partial charge in [0, 0.05) is 47.0 Å². The molecule has 7 nitrogen and oxygen atoms in total. The number of rotatable bonds is 7. The van der Waals surface area contributed by atoms with Crippen LogP contribution in [0.1, 0.15) is 49.5 Å². The first-order chi connectivity index (χ1) is 16.6. The van der Waals surface area contributed by atoms with E-state index in [1.165, 1.54) is 37.3 Å². The predicted molar refractivity (Wildman–Crippen MR) is 132 cm³/mol. The van der Waals surface area contributed by atoms with Gasteiger partial charge in [0.25, 0.3) is 5.91 Å². The van der Waals surface area contributed by atoms with Gasteiger partial charge in [-0.1, -0.05) is 18.5 Å². The third kappa shape index (κ3) is 6.83. The minimum absolute atomic E-state index is 0.0240. The molecule has 3 N–H and O–H groups in total. The highest BCUT2D eigenvalue weighted by molar-refractivity contribution is 7.91. The summed E-state index contributed by atoms with van der Waals surface area (Å²) in [4.78, 5) is 15.0. The number of nitrogens with one attached hydrogen (secondary N) is 1. The molecule has 1 fully saturated rings. The number of amides is 1. The van der Waals surface area contributed by atoms with E-state index < -0.39 is 33.4 Å². The Bertz CT molecular complexity index is 1240. The van der Waals surface area contributed by atoms with Crippen molar-refractivity contribution in [3.05, 3.63) is 52.5 Å². The quantitative estimate of drug-likeness (QED) is 0.522. The summed E-state index contributed by atoms with van der Waals surface area (Å²) in [6.07, 6.45) is -3.70. The number of ether oxygens (including phenoxy) is 1. The van der Waals surface area contributed by atoms with Crippen LogP contribution in [0.25, 0.3) is 0 Å². The lowest BCUT2D eigenvalue weighted by molar-refractivity contribution is -0.274. The number of anilines is 1. The monoisotopic (exact) mass is 547 g/mol. The number of benzene rings is 2. The van der Waals surface area contributed by atoms with Gasteiger partial charge in [0.05, 0.1) is 10.6 Å². The van der Waals surface area contributed by atoms with Crippen LogP contribution in [0, 0.1) is 0 Å². The molecule has 2 aromatic carbocycles. The summed E-state index contributed by atoms with van der Waals surface area (Å²) in [5.41, 5.74) is 6.20. The molecule has 1 atom stereocenters. The molecule has 0 aliphatic carbocycles. The van der Waals surface area contributed by atoms with Crippen molar-refractivity contribution in [2.75, 3.05) is 17.2 Å². The number of nitrogens with two attached hydrogens (primary N) is 1. The zero-order valence-corrected chi connectivity index (χ0v) is 21.7. The van der Waals surface area contributed by atoms with Crippen LogP contribution < -0.4 is 20.7 Å². The second-order valence-electron chi connectivity index (χ2n) is 9.32. The molecule has 1 saturated heterocycles. The molecule has 1 aliphatic rings. The maximum absolute atomic E-state index is 13.0. The molecule has 0 aromatic heterocycles. The lowest BCUT2D eigenvalue weighted by Crippen LogP contribution is -2.53. The van der Waals surface area contributed by atoms with Crippen molar-refractivity contribution in [1.82, 2.24) is 5.32 Å². The highest BCUT2D eigenvalue weighted by Gasteiger charge is 2.35. The van der Waals surface area contributed by atoms with E-state index in [9.17, 15) is 26.4 Å². The lowest BCUT2D eigenvalue weighted by Gasteiger charge is -2.46. The van der Waals surface area contributed by atoms with Crippen LogP contribution in [0.3, 0.4) is 0 Å². The number of halogens is 4. The van der Waals surface area contributed by atoms with Crippen LogP contribution in [-0.2, 0) is 16.4 Å². The largest absolute Gasteiger partial charge is 0.573 e. The van der Waals surface area contributed by atoms with Gasteiger partial charge in [-0.2, -0.15) is 0 Å². The normalized spacial score (nSPS) is 18.1. The van der Waals surface area contributed by atoms with Crippen molar-refractivity contribution < 1.29 is 31.1 Å². The highest BCUT2D eigenvalue weighted by Crippen LogP contribution is 2.36. The maximum atomic E-state index is 13.0. The number of hydrogen-bond acceptors (Lipinski definition) is 6. The highest BCUT2D eigenvalue weighted by atomic mass is 35.5. The van der Waals surface area contributed by atoms with Gasteiger partial charge < -0.3 is 20.7 Å². The smallest absolute Gasteiger partial charge is 0.406 e. The van der Waals surface area contributed by atoms with Gasteiger partial charge in [0.1, 0.15) is 5.75 Å². The summed E-state index contributed by atoms with van der Waals surface area (Å²) in [6.45, 7) is 5.65. The van der Waals surface area contributed by atoms with Gasteiger partial charge in [0.15, 0.2) is 9.84 Å². The van der Waals surface area contributed by atoms with E-state index in [0.29, 0.717) is 25.1 Å². The second kappa shape index (κ2) is 10.5. The molecule has 1 aliphatic heterocycles. The summed E-state index contributed by atoms with van der Waals surface area (Å²) in [5.74, 6) is -1.38. The third-order valence-electron chi connectivity index (χ3n) is 6.09. The zero-order valence-electron chi connectivity index (χ0n) is 20.2. The van der Waals surface area contributed by atoms with Crippen LogP contribution in [0.15, 0.2) is 41.3 Å². The molecule has 2 aromatic rings. The molecule has 3 rings (SSSR count). The SMILES string of the molecule is CCS(=O)(=O)c1ccc(Cl)cc1CNC(=O)c1cc(OC(F)(F)F)cc(N2CCC(N)CC2(C)C)c1. The van der Waals surface area contributed by atoms with Gasteiger partial charge in [0.2, 0.25) is 0 Å². The van der Waals surface area contributed by atoms with E-state index >= 15 is 0 Å². The predicted octanol–water partition coefficient (Wildman–Crippen LogP) is 4.67. The Kier molecular flexibility index (Phi) is 8.17. The van der Waals surface area contributed by atoms with Crippen LogP contribution in [0.4, 0.5) is 18.9 Å². The molecule has 0 radical (unpaired) electrons. The van der Waals surface area contributed by atoms with Gasteiger partial charge in [-0.3, -0.25) is 4.79 Å². The van der Waals surface area contributed by atoms with Crippen molar-refractivity contribution >= 4 is 33.0 Å². The number of piperidine rings is 1. The van der Waals surface area contributed by atoms with E-state index in [1.54, 1.807) is 0 Å². The lowest BCUT2D eigenvalue weighted by atomic mass is 9.86. The van der Waals surface area contributed by atoms with Gasteiger partial charge in [-0.05, 0) is 62.6 Å². The zero-order chi connectivity index (χ0) is 26.9. The van der Waals surface area contributed by atoms with Gasteiger partial charge in [-0.15, -0.1) is 13.2 Å². The van der Waals surface area contributed by atoms with Crippen molar-refractivity contribution in [3.63, 3.8) is 0 Å². The summed E-state index contributed by atoms with van der Waals surface area (Å²) < 4.78 is 68.1. The van der Waals surface area contributed by atoms with Crippen LogP contribution in [0.5, 0.6) is 5.75 Å². The molecular formula is C24H29ClF3N3O4S. The summed E-state index contributed by atoms with van der Waals surface area (Å²) in [6, 6.07) is 7.91.